The molecular weight excluding hydrogens is 140 g/mol. The molecule has 58 valence electrons. The van der Waals surface area contributed by atoms with Crippen LogP contribution in [-0.2, 0) is 4.79 Å². The van der Waals surface area contributed by atoms with Crippen molar-refractivity contribution in [1.29, 1.82) is 0 Å². The summed E-state index contributed by atoms with van der Waals surface area (Å²) >= 11 is 0. The summed E-state index contributed by atoms with van der Waals surface area (Å²) in [4.78, 5) is 10.5. The average molecular weight is 150 g/mol. The van der Waals surface area contributed by atoms with Crippen LogP contribution < -0.4 is 0 Å². The molecule has 0 aliphatic heterocycles. The van der Waals surface area contributed by atoms with Gasteiger partial charge in [-0.3, -0.25) is 9.89 Å². The van der Waals surface area contributed by atoms with Crippen LogP contribution in [0.1, 0.15) is 18.3 Å². The lowest BCUT2D eigenvalue weighted by atomic mass is 10.3. The van der Waals surface area contributed by atoms with Crippen LogP contribution in [0.3, 0.4) is 0 Å². The van der Waals surface area contributed by atoms with Crippen molar-refractivity contribution < 1.29 is 4.79 Å². The lowest BCUT2D eigenvalue weighted by molar-refractivity contribution is -0.112. The van der Waals surface area contributed by atoms with E-state index in [1.54, 1.807) is 6.08 Å². The van der Waals surface area contributed by atoms with Crippen molar-refractivity contribution in [3.63, 3.8) is 0 Å². The number of allylic oxidation sites excluding steroid dienone is 1. The van der Waals surface area contributed by atoms with E-state index in [0.29, 0.717) is 0 Å². The van der Waals surface area contributed by atoms with Crippen LogP contribution in [0, 0.1) is 6.92 Å². The standard InChI is InChI=1S/C8H10N2O/c1-6-5-8(10-9-6)4-3-7(2)11/h3-5H,1-2H3,(H,9,10)/b4-3+. The van der Waals surface area contributed by atoms with Gasteiger partial charge in [-0.25, -0.2) is 0 Å². The Labute approximate surface area is 65.1 Å². The SMILES string of the molecule is CC(=O)/C=C/c1cc(C)[nH]n1. The third kappa shape index (κ3) is 2.37. The third-order valence-electron chi connectivity index (χ3n) is 1.21. The van der Waals surface area contributed by atoms with Crippen LogP contribution in [0.5, 0.6) is 0 Å². The Morgan fingerprint density at radius 3 is 2.91 bits per heavy atom. The number of ketones is 1. The molecule has 0 fully saturated rings. The third-order valence-corrected chi connectivity index (χ3v) is 1.21. The Balaban J connectivity index is 2.71. The molecule has 0 saturated heterocycles. The minimum Gasteiger partial charge on any atom is -0.295 e. The quantitative estimate of drug-likeness (QED) is 0.646. The Hall–Kier alpha value is -1.38. The van der Waals surface area contributed by atoms with Crippen molar-refractivity contribution in [3.05, 3.63) is 23.5 Å². The van der Waals surface area contributed by atoms with E-state index in [1.807, 2.05) is 13.0 Å². The van der Waals surface area contributed by atoms with E-state index < -0.39 is 0 Å². The molecule has 0 spiro atoms. The molecule has 0 aliphatic rings. The van der Waals surface area contributed by atoms with Crippen LogP contribution in [0.15, 0.2) is 12.1 Å². The second-order valence-electron chi connectivity index (χ2n) is 2.42. The molecule has 1 rings (SSSR count). The summed E-state index contributed by atoms with van der Waals surface area (Å²) in [6.45, 7) is 3.42. The molecule has 1 aromatic rings. The van der Waals surface area contributed by atoms with E-state index in [9.17, 15) is 4.79 Å². The van der Waals surface area contributed by atoms with Crippen LogP contribution >= 0.6 is 0 Å². The van der Waals surface area contributed by atoms with Gasteiger partial charge in [0.25, 0.3) is 0 Å². The molecule has 11 heavy (non-hydrogen) atoms. The van der Waals surface area contributed by atoms with Gasteiger partial charge in [-0.1, -0.05) is 0 Å². The lowest BCUT2D eigenvalue weighted by Gasteiger charge is -1.78. The zero-order chi connectivity index (χ0) is 8.27. The number of carbonyl (C=O) groups excluding carboxylic acids is 1. The number of H-pyrrole nitrogens is 1. The number of carbonyl (C=O) groups is 1. The largest absolute Gasteiger partial charge is 0.295 e. The van der Waals surface area contributed by atoms with E-state index in [4.69, 9.17) is 0 Å². The number of hydrogen-bond donors (Lipinski definition) is 1. The normalized spacial score (nSPS) is 10.7. The van der Waals surface area contributed by atoms with Crippen molar-refractivity contribution >= 4 is 11.9 Å². The maximum atomic E-state index is 10.5. The molecule has 0 saturated carbocycles. The maximum Gasteiger partial charge on any atom is 0.152 e. The number of aromatic amines is 1. The van der Waals surface area contributed by atoms with Gasteiger partial charge < -0.3 is 0 Å². The zero-order valence-corrected chi connectivity index (χ0v) is 6.59. The van der Waals surface area contributed by atoms with Crippen molar-refractivity contribution in [2.75, 3.05) is 0 Å². The number of hydrogen-bond acceptors (Lipinski definition) is 2. The molecule has 1 heterocycles. The first kappa shape index (κ1) is 7.72. The van der Waals surface area contributed by atoms with E-state index >= 15 is 0 Å². The summed E-state index contributed by atoms with van der Waals surface area (Å²) in [5.74, 6) is 0.0330. The van der Waals surface area contributed by atoms with Crippen molar-refractivity contribution in [3.8, 4) is 0 Å². The van der Waals surface area contributed by atoms with Crippen molar-refractivity contribution in [2.45, 2.75) is 13.8 Å². The van der Waals surface area contributed by atoms with E-state index in [1.165, 1.54) is 13.0 Å². The Morgan fingerprint density at radius 1 is 1.73 bits per heavy atom. The first-order valence-corrected chi connectivity index (χ1v) is 3.39. The summed E-state index contributed by atoms with van der Waals surface area (Å²) in [6, 6.07) is 1.87. The second kappa shape index (κ2) is 3.14. The van der Waals surface area contributed by atoms with Gasteiger partial charge in [0.05, 0.1) is 5.69 Å². The maximum absolute atomic E-state index is 10.5. The van der Waals surface area contributed by atoms with Crippen LogP contribution in [0.4, 0.5) is 0 Å². The number of nitrogens with zero attached hydrogens (tertiary/aromatic N) is 1. The fraction of sp³-hybridized carbons (Fsp3) is 0.250. The molecule has 0 atom stereocenters. The van der Waals surface area contributed by atoms with Gasteiger partial charge in [-0.2, -0.15) is 5.10 Å². The molecule has 0 aliphatic carbocycles. The molecule has 3 heteroatoms. The molecule has 0 unspecified atom stereocenters. The van der Waals surface area contributed by atoms with Crippen molar-refractivity contribution in [1.82, 2.24) is 10.2 Å². The topological polar surface area (TPSA) is 45.8 Å². The first-order valence-electron chi connectivity index (χ1n) is 3.39. The number of aryl methyl sites for hydroxylation is 1. The second-order valence-corrected chi connectivity index (χ2v) is 2.42. The Morgan fingerprint density at radius 2 is 2.45 bits per heavy atom. The fourth-order valence-electron chi connectivity index (χ4n) is 0.727. The van der Waals surface area contributed by atoms with Gasteiger partial charge in [-0.15, -0.1) is 0 Å². The highest BCUT2D eigenvalue weighted by molar-refractivity contribution is 5.91. The molecule has 0 amide bonds. The molecular formula is C8H10N2O. The molecule has 0 bridgehead atoms. The average Bonchev–Trinajstić information content (AvgIpc) is 2.31. The molecule has 3 nitrogen and oxygen atoms in total. The highest BCUT2D eigenvalue weighted by Crippen LogP contribution is 1.99. The minimum atomic E-state index is 0.0330. The predicted molar refractivity (Wildman–Crippen MR) is 43.0 cm³/mol. The van der Waals surface area contributed by atoms with Gasteiger partial charge in [-0.05, 0) is 32.1 Å². The summed E-state index contributed by atoms with van der Waals surface area (Å²) in [6.07, 6.45) is 3.18. The van der Waals surface area contributed by atoms with Gasteiger partial charge in [0.15, 0.2) is 5.78 Å². The Kier molecular flexibility index (Phi) is 2.21. The summed E-state index contributed by atoms with van der Waals surface area (Å²) in [7, 11) is 0. The molecule has 1 aromatic heterocycles. The summed E-state index contributed by atoms with van der Waals surface area (Å²) in [5.41, 5.74) is 1.78. The van der Waals surface area contributed by atoms with Crippen LogP contribution in [-0.4, -0.2) is 16.0 Å². The number of nitrogens with one attached hydrogen (secondary N) is 1. The highest BCUT2D eigenvalue weighted by Gasteiger charge is 1.91. The molecule has 1 N–H and O–H groups in total. The number of aromatic nitrogens is 2. The van der Waals surface area contributed by atoms with Gasteiger partial charge in [0.1, 0.15) is 0 Å². The molecule has 0 radical (unpaired) electrons. The zero-order valence-electron chi connectivity index (χ0n) is 6.59. The lowest BCUT2D eigenvalue weighted by Crippen LogP contribution is -1.79. The predicted octanol–water partition coefficient (Wildman–Crippen LogP) is 1.32. The van der Waals surface area contributed by atoms with E-state index in [-0.39, 0.29) is 5.78 Å². The van der Waals surface area contributed by atoms with Gasteiger partial charge in [0.2, 0.25) is 0 Å². The van der Waals surface area contributed by atoms with Gasteiger partial charge >= 0.3 is 0 Å². The highest BCUT2D eigenvalue weighted by atomic mass is 16.1. The van der Waals surface area contributed by atoms with Gasteiger partial charge in [0, 0.05) is 5.69 Å². The van der Waals surface area contributed by atoms with Crippen LogP contribution in [0.2, 0.25) is 0 Å². The monoisotopic (exact) mass is 150 g/mol. The molecule has 0 aromatic carbocycles. The fourth-order valence-corrected chi connectivity index (χ4v) is 0.727. The van der Waals surface area contributed by atoms with E-state index in [2.05, 4.69) is 10.2 Å². The summed E-state index contributed by atoms with van der Waals surface area (Å²) in [5, 5.41) is 6.70. The summed E-state index contributed by atoms with van der Waals surface area (Å²) < 4.78 is 0. The first-order chi connectivity index (χ1) is 5.18. The van der Waals surface area contributed by atoms with E-state index in [0.717, 1.165) is 11.4 Å². The number of rotatable bonds is 2. The van der Waals surface area contributed by atoms with Crippen LogP contribution in [0.25, 0.3) is 6.08 Å². The van der Waals surface area contributed by atoms with Crippen molar-refractivity contribution in [2.24, 2.45) is 0 Å². The Bertz CT molecular complexity index is 286. The smallest absolute Gasteiger partial charge is 0.152 e. The minimum absolute atomic E-state index is 0.0330.